The second-order valence-corrected chi connectivity index (χ2v) is 6.23. The van der Waals surface area contributed by atoms with Gasteiger partial charge in [0, 0.05) is 23.9 Å². The van der Waals surface area contributed by atoms with E-state index in [1.807, 2.05) is 0 Å². The van der Waals surface area contributed by atoms with Crippen LogP contribution in [0.5, 0.6) is 0 Å². The van der Waals surface area contributed by atoms with E-state index in [-0.39, 0.29) is 17.6 Å². The number of carboxylic acid groups (broad SMARTS) is 1. The number of rotatable bonds is 5. The predicted molar refractivity (Wildman–Crippen MR) is 73.3 cm³/mol. The van der Waals surface area contributed by atoms with Gasteiger partial charge in [-0.2, -0.15) is 0 Å². The van der Waals surface area contributed by atoms with Crippen LogP contribution in [0, 0.1) is 5.41 Å². The third-order valence-electron chi connectivity index (χ3n) is 3.87. The van der Waals surface area contributed by atoms with Gasteiger partial charge in [-0.15, -0.1) is 11.3 Å². The normalized spacial score (nSPS) is 26.5. The Morgan fingerprint density at radius 1 is 1.74 bits per heavy atom. The average molecular weight is 285 g/mol. The van der Waals surface area contributed by atoms with Gasteiger partial charge in [0.2, 0.25) is 0 Å². The maximum absolute atomic E-state index is 10.8. The smallest absolute Gasteiger partial charge is 0.326 e. The summed E-state index contributed by atoms with van der Waals surface area (Å²) in [6.07, 6.45) is 1.16. The molecule has 7 heteroatoms. The molecule has 0 spiro atoms. The summed E-state index contributed by atoms with van der Waals surface area (Å²) in [6, 6.07) is -0.787. The Labute approximate surface area is 116 Å². The number of anilines is 1. The summed E-state index contributed by atoms with van der Waals surface area (Å²) < 4.78 is 5.39. The lowest BCUT2D eigenvalue weighted by atomic mass is 9.64. The van der Waals surface area contributed by atoms with Crippen LogP contribution in [0.1, 0.15) is 32.0 Å². The maximum Gasteiger partial charge on any atom is 0.326 e. The molecule has 4 N–H and O–H groups in total. The number of carboxylic acids is 1. The molecule has 1 aliphatic rings. The summed E-state index contributed by atoms with van der Waals surface area (Å²) in [5, 5.41) is 14.6. The first-order valence-corrected chi connectivity index (χ1v) is 6.97. The van der Waals surface area contributed by atoms with Gasteiger partial charge in [-0.3, -0.25) is 4.79 Å². The second-order valence-electron chi connectivity index (χ2n) is 5.37. The monoisotopic (exact) mass is 285 g/mol. The van der Waals surface area contributed by atoms with Gasteiger partial charge in [0.25, 0.3) is 0 Å². The van der Waals surface area contributed by atoms with Gasteiger partial charge in [0.05, 0.1) is 11.8 Å². The number of hydrogen-bond acceptors (Lipinski definition) is 6. The highest BCUT2D eigenvalue weighted by Gasteiger charge is 2.48. The molecule has 1 aromatic heterocycles. The van der Waals surface area contributed by atoms with Crippen molar-refractivity contribution in [3.63, 3.8) is 0 Å². The fourth-order valence-electron chi connectivity index (χ4n) is 2.30. The molecule has 106 valence electrons. The molecule has 3 unspecified atom stereocenters. The fourth-order valence-corrected chi connectivity index (χ4v) is 3.10. The highest BCUT2D eigenvalue weighted by molar-refractivity contribution is 7.13. The van der Waals surface area contributed by atoms with Crippen molar-refractivity contribution in [1.29, 1.82) is 0 Å². The summed E-state index contributed by atoms with van der Waals surface area (Å²) in [4.78, 5) is 15.0. The van der Waals surface area contributed by atoms with Gasteiger partial charge < -0.3 is 20.9 Å². The van der Waals surface area contributed by atoms with Gasteiger partial charge in [0.15, 0.2) is 5.13 Å². The van der Waals surface area contributed by atoms with Crippen LogP contribution < -0.4 is 11.1 Å². The molecule has 1 saturated carbocycles. The van der Waals surface area contributed by atoms with Crippen LogP contribution in [0.3, 0.4) is 0 Å². The van der Waals surface area contributed by atoms with Crippen molar-refractivity contribution in [2.45, 2.75) is 38.5 Å². The molecule has 1 aliphatic carbocycles. The van der Waals surface area contributed by atoms with Crippen LogP contribution >= 0.6 is 11.3 Å². The molecule has 0 amide bonds. The van der Waals surface area contributed by atoms with Crippen molar-refractivity contribution in [2.24, 2.45) is 11.1 Å². The molecule has 2 rings (SSSR count). The SMILES string of the molecule is COC1CC(Nc2nc(C(N)C(=O)O)cs2)C1(C)C. The molecule has 0 radical (unpaired) electrons. The molecule has 6 nitrogen and oxygen atoms in total. The molecule has 19 heavy (non-hydrogen) atoms. The first-order chi connectivity index (χ1) is 8.86. The molecule has 0 aromatic carbocycles. The van der Waals surface area contributed by atoms with Crippen LogP contribution in [0.25, 0.3) is 0 Å². The van der Waals surface area contributed by atoms with Gasteiger partial charge in [-0.1, -0.05) is 13.8 Å². The van der Waals surface area contributed by atoms with E-state index in [2.05, 4.69) is 24.1 Å². The van der Waals surface area contributed by atoms with Crippen LogP contribution in [-0.2, 0) is 9.53 Å². The molecule has 1 fully saturated rings. The quantitative estimate of drug-likeness (QED) is 0.757. The Balaban J connectivity index is 2.00. The van der Waals surface area contributed by atoms with E-state index in [0.717, 1.165) is 6.42 Å². The van der Waals surface area contributed by atoms with Gasteiger partial charge in [-0.25, -0.2) is 4.98 Å². The summed E-state index contributed by atoms with van der Waals surface area (Å²) in [6.45, 7) is 4.28. The largest absolute Gasteiger partial charge is 0.480 e. The van der Waals surface area contributed by atoms with E-state index in [4.69, 9.17) is 15.6 Å². The van der Waals surface area contributed by atoms with E-state index < -0.39 is 12.0 Å². The van der Waals surface area contributed by atoms with Crippen molar-refractivity contribution in [2.75, 3.05) is 12.4 Å². The number of nitrogens with one attached hydrogen (secondary N) is 1. The number of nitrogens with zero attached hydrogens (tertiary/aromatic N) is 1. The zero-order valence-corrected chi connectivity index (χ0v) is 12.0. The van der Waals surface area contributed by atoms with Crippen molar-refractivity contribution in [1.82, 2.24) is 4.98 Å². The third kappa shape index (κ3) is 2.58. The number of hydrogen-bond donors (Lipinski definition) is 3. The van der Waals surface area contributed by atoms with Crippen molar-refractivity contribution in [3.8, 4) is 0 Å². The van der Waals surface area contributed by atoms with E-state index in [0.29, 0.717) is 10.8 Å². The number of carbonyl (C=O) groups is 1. The molecule has 1 heterocycles. The third-order valence-corrected chi connectivity index (χ3v) is 4.66. The van der Waals surface area contributed by atoms with Crippen LogP contribution in [0.4, 0.5) is 5.13 Å². The highest BCUT2D eigenvalue weighted by Crippen LogP contribution is 2.44. The molecular weight excluding hydrogens is 266 g/mol. The Hall–Kier alpha value is -1.18. The Bertz CT molecular complexity index is 475. The van der Waals surface area contributed by atoms with Crippen LogP contribution in [-0.4, -0.2) is 35.3 Å². The number of aliphatic carboxylic acids is 1. The van der Waals surface area contributed by atoms with E-state index in [1.54, 1.807) is 12.5 Å². The topological polar surface area (TPSA) is 97.5 Å². The Morgan fingerprint density at radius 3 is 2.95 bits per heavy atom. The minimum Gasteiger partial charge on any atom is -0.480 e. The Morgan fingerprint density at radius 2 is 2.42 bits per heavy atom. The number of aromatic nitrogens is 1. The lowest BCUT2D eigenvalue weighted by molar-refractivity contribution is -0.138. The van der Waals surface area contributed by atoms with Crippen molar-refractivity contribution in [3.05, 3.63) is 11.1 Å². The summed E-state index contributed by atoms with van der Waals surface area (Å²) in [7, 11) is 1.72. The molecule has 0 saturated heterocycles. The second kappa shape index (κ2) is 5.07. The molecule has 3 atom stereocenters. The summed E-state index contributed by atoms with van der Waals surface area (Å²) >= 11 is 1.38. The first-order valence-electron chi connectivity index (χ1n) is 6.09. The van der Waals surface area contributed by atoms with E-state index >= 15 is 0 Å². The minimum atomic E-state index is -1.07. The van der Waals surface area contributed by atoms with Gasteiger partial charge in [0.1, 0.15) is 6.04 Å². The minimum absolute atomic E-state index is 0.0372. The number of methoxy groups -OCH3 is 1. The molecule has 1 aromatic rings. The van der Waals surface area contributed by atoms with Gasteiger partial charge >= 0.3 is 5.97 Å². The van der Waals surface area contributed by atoms with Crippen LogP contribution in [0.2, 0.25) is 0 Å². The number of thiazole rings is 1. The van der Waals surface area contributed by atoms with Gasteiger partial charge in [-0.05, 0) is 6.42 Å². The number of ether oxygens (including phenoxy) is 1. The fraction of sp³-hybridized carbons (Fsp3) is 0.667. The molecule has 0 aliphatic heterocycles. The standard InChI is InChI=1S/C12H19N3O3S/c1-12(2)7(4-8(12)18-3)15-11-14-6(5-19-11)9(13)10(16)17/h5,7-9H,4,13H2,1-3H3,(H,14,15)(H,16,17). The zero-order valence-electron chi connectivity index (χ0n) is 11.2. The Kier molecular flexibility index (Phi) is 3.80. The average Bonchev–Trinajstić information content (AvgIpc) is 2.81. The van der Waals surface area contributed by atoms with Crippen LogP contribution in [0.15, 0.2) is 5.38 Å². The van der Waals surface area contributed by atoms with Crippen molar-refractivity contribution >= 4 is 22.4 Å². The summed E-state index contributed by atoms with van der Waals surface area (Å²) in [5.41, 5.74) is 5.95. The predicted octanol–water partition coefficient (Wildman–Crippen LogP) is 1.45. The van der Waals surface area contributed by atoms with E-state index in [9.17, 15) is 4.79 Å². The van der Waals surface area contributed by atoms with Crippen molar-refractivity contribution < 1.29 is 14.6 Å². The lowest BCUT2D eigenvalue weighted by Crippen LogP contribution is -2.57. The first kappa shape index (κ1) is 14.2. The highest BCUT2D eigenvalue weighted by atomic mass is 32.1. The maximum atomic E-state index is 10.8. The van der Waals surface area contributed by atoms with E-state index in [1.165, 1.54) is 11.3 Å². The molecule has 0 bridgehead atoms. The number of nitrogens with two attached hydrogens (primary N) is 1. The lowest BCUT2D eigenvalue weighted by Gasteiger charge is -2.51. The summed E-state index contributed by atoms with van der Waals surface area (Å²) in [5.74, 6) is -1.07. The zero-order chi connectivity index (χ0) is 14.2. The molecular formula is C12H19N3O3S.